The summed E-state index contributed by atoms with van der Waals surface area (Å²) in [7, 11) is 0. The van der Waals surface area contributed by atoms with Crippen molar-refractivity contribution >= 4 is 17.9 Å². The first-order valence-electron chi connectivity index (χ1n) is 25.7. The summed E-state index contributed by atoms with van der Waals surface area (Å²) in [5.74, 6) is -0.989. The van der Waals surface area contributed by atoms with Gasteiger partial charge >= 0.3 is 17.9 Å². The molecule has 0 N–H and O–H groups in total. The Morgan fingerprint density at radius 1 is 0.328 bits per heavy atom. The molecule has 0 aromatic heterocycles. The summed E-state index contributed by atoms with van der Waals surface area (Å²) in [6, 6.07) is 0. The lowest BCUT2D eigenvalue weighted by Gasteiger charge is -2.18. The van der Waals surface area contributed by atoms with Crippen molar-refractivity contribution in [3.8, 4) is 0 Å². The van der Waals surface area contributed by atoms with Crippen LogP contribution in [0.15, 0.2) is 122 Å². The van der Waals surface area contributed by atoms with Crippen LogP contribution in [0.5, 0.6) is 0 Å². The molecular formula is C58H92O6. The molecule has 1 unspecified atom stereocenters. The molecule has 0 saturated heterocycles. The fourth-order valence-electron chi connectivity index (χ4n) is 6.57. The van der Waals surface area contributed by atoms with E-state index in [4.69, 9.17) is 14.2 Å². The van der Waals surface area contributed by atoms with Gasteiger partial charge in [-0.2, -0.15) is 0 Å². The normalized spacial score (nSPS) is 13.1. The zero-order valence-electron chi connectivity index (χ0n) is 41.0. The molecule has 0 aliphatic carbocycles. The van der Waals surface area contributed by atoms with Crippen LogP contribution in [0, 0.1) is 0 Å². The van der Waals surface area contributed by atoms with Gasteiger partial charge in [-0.05, 0) is 83.5 Å². The third kappa shape index (κ3) is 48.8. The summed E-state index contributed by atoms with van der Waals surface area (Å²) >= 11 is 0. The molecule has 0 aromatic carbocycles. The van der Waals surface area contributed by atoms with Crippen LogP contribution >= 0.6 is 0 Å². The number of esters is 3. The smallest absolute Gasteiger partial charge is 0.306 e. The molecule has 0 bridgehead atoms. The number of allylic oxidation sites excluding steroid dienone is 20. The SMILES string of the molecule is CC\C=C/C=C\C=C/C=C\CCCCCC(=O)OCC(COC(=O)CCCCCCC\C=C/C=C\C=C/CCCCCCC)OC(=O)CCCCCCCCC\C=C/C=C\C=C/CC. The first-order chi connectivity index (χ1) is 31.5. The van der Waals surface area contributed by atoms with Crippen LogP contribution in [-0.2, 0) is 28.6 Å². The average Bonchev–Trinajstić information content (AvgIpc) is 3.29. The fraction of sp³-hybridized carbons (Fsp3) is 0.603. The Morgan fingerprint density at radius 2 is 0.609 bits per heavy atom. The van der Waals surface area contributed by atoms with Gasteiger partial charge in [0.05, 0.1) is 0 Å². The summed E-state index contributed by atoms with van der Waals surface area (Å²) < 4.78 is 16.7. The lowest BCUT2D eigenvalue weighted by Crippen LogP contribution is -2.30. The third-order valence-corrected chi connectivity index (χ3v) is 10.4. The average molecular weight is 885 g/mol. The van der Waals surface area contributed by atoms with Crippen LogP contribution in [-0.4, -0.2) is 37.2 Å². The minimum Gasteiger partial charge on any atom is -0.462 e. The number of rotatable bonds is 44. The lowest BCUT2D eigenvalue weighted by molar-refractivity contribution is -0.167. The van der Waals surface area contributed by atoms with E-state index in [1.165, 1.54) is 51.4 Å². The molecule has 0 fully saturated rings. The van der Waals surface area contributed by atoms with Crippen molar-refractivity contribution in [3.05, 3.63) is 122 Å². The molecule has 0 amide bonds. The molecule has 0 spiro atoms. The summed E-state index contributed by atoms with van der Waals surface area (Å²) in [5.41, 5.74) is 0. The van der Waals surface area contributed by atoms with Crippen LogP contribution in [0.2, 0.25) is 0 Å². The Labute approximate surface area is 392 Å². The van der Waals surface area contributed by atoms with E-state index in [0.29, 0.717) is 19.3 Å². The zero-order valence-corrected chi connectivity index (χ0v) is 41.0. The van der Waals surface area contributed by atoms with E-state index in [9.17, 15) is 14.4 Å². The number of hydrogen-bond acceptors (Lipinski definition) is 6. The van der Waals surface area contributed by atoms with E-state index < -0.39 is 6.10 Å². The molecule has 0 aliphatic heterocycles. The molecule has 64 heavy (non-hydrogen) atoms. The second-order valence-electron chi connectivity index (χ2n) is 16.5. The van der Waals surface area contributed by atoms with Gasteiger partial charge in [0.25, 0.3) is 0 Å². The summed E-state index contributed by atoms with van der Waals surface area (Å²) in [6.07, 6.45) is 70.3. The highest BCUT2D eigenvalue weighted by atomic mass is 16.6. The Hall–Kier alpha value is -4.19. The van der Waals surface area contributed by atoms with Crippen LogP contribution in [0.25, 0.3) is 0 Å². The highest BCUT2D eigenvalue weighted by Crippen LogP contribution is 2.13. The maximum atomic E-state index is 12.8. The first-order valence-corrected chi connectivity index (χ1v) is 25.7. The van der Waals surface area contributed by atoms with Crippen LogP contribution in [0.4, 0.5) is 0 Å². The van der Waals surface area contributed by atoms with E-state index in [1.54, 1.807) is 0 Å². The van der Waals surface area contributed by atoms with Gasteiger partial charge in [-0.3, -0.25) is 14.4 Å². The molecular weight excluding hydrogens is 793 g/mol. The Bertz CT molecular complexity index is 1390. The monoisotopic (exact) mass is 885 g/mol. The largest absolute Gasteiger partial charge is 0.462 e. The van der Waals surface area contributed by atoms with E-state index in [2.05, 4.69) is 106 Å². The maximum absolute atomic E-state index is 12.8. The predicted octanol–water partition coefficient (Wildman–Crippen LogP) is 16.9. The maximum Gasteiger partial charge on any atom is 0.306 e. The highest BCUT2D eigenvalue weighted by Gasteiger charge is 2.19. The van der Waals surface area contributed by atoms with Gasteiger partial charge in [0.2, 0.25) is 0 Å². The van der Waals surface area contributed by atoms with Crippen molar-refractivity contribution in [3.63, 3.8) is 0 Å². The van der Waals surface area contributed by atoms with Gasteiger partial charge in [-0.15, -0.1) is 0 Å². The second kappa shape index (κ2) is 51.4. The lowest BCUT2D eigenvalue weighted by atomic mass is 10.1. The standard InChI is InChI=1S/C58H92O6/c1-4-7-10-13-16-19-22-25-27-28-29-31-33-36-39-42-45-48-51-57(60)63-54-55(53-62-56(59)50-47-44-41-38-35-32-24-21-18-15-12-9-6-3)64-58(61)52-49-46-43-40-37-34-30-26-23-20-17-14-11-8-5-2/h8-9,11-12,14-15,17-18,20-25,27-29,31-32,35,55H,4-7,10,13,16,19,26,30,33-34,36-54H2,1-3H3/b11-8-,12-9-,17-14-,18-15-,23-20-,24-21-,25-22-,28-27-,31-29-,35-32-. The first kappa shape index (κ1) is 59.8. The van der Waals surface area contributed by atoms with Crippen molar-refractivity contribution in [1.29, 1.82) is 0 Å². The van der Waals surface area contributed by atoms with Crippen LogP contribution in [0.3, 0.4) is 0 Å². The molecule has 6 nitrogen and oxygen atoms in total. The molecule has 0 rings (SSSR count). The summed E-state index contributed by atoms with van der Waals surface area (Å²) in [6.45, 7) is 6.27. The molecule has 1 atom stereocenters. The Kier molecular flexibility index (Phi) is 48.1. The van der Waals surface area contributed by atoms with Crippen molar-refractivity contribution in [1.82, 2.24) is 0 Å². The Morgan fingerprint density at radius 3 is 0.969 bits per heavy atom. The molecule has 0 saturated carbocycles. The topological polar surface area (TPSA) is 78.9 Å². The minimum atomic E-state index is -0.812. The van der Waals surface area contributed by atoms with Crippen molar-refractivity contribution in [2.45, 2.75) is 213 Å². The number of carbonyl (C=O) groups is 3. The van der Waals surface area contributed by atoms with Crippen molar-refractivity contribution in [2.75, 3.05) is 13.2 Å². The molecule has 0 aromatic rings. The number of carbonyl (C=O) groups excluding carboxylic acids is 3. The van der Waals surface area contributed by atoms with Crippen LogP contribution in [0.1, 0.15) is 207 Å². The van der Waals surface area contributed by atoms with Crippen molar-refractivity contribution in [2.24, 2.45) is 0 Å². The number of ether oxygens (including phenoxy) is 3. The highest BCUT2D eigenvalue weighted by molar-refractivity contribution is 5.71. The molecule has 0 aliphatic rings. The van der Waals surface area contributed by atoms with Gasteiger partial charge in [0.1, 0.15) is 13.2 Å². The number of hydrogen-bond donors (Lipinski definition) is 0. The van der Waals surface area contributed by atoms with Crippen molar-refractivity contribution < 1.29 is 28.6 Å². The molecule has 6 heteroatoms. The fourth-order valence-corrected chi connectivity index (χ4v) is 6.57. The van der Waals surface area contributed by atoms with E-state index in [-0.39, 0.29) is 31.1 Å². The van der Waals surface area contributed by atoms with Gasteiger partial charge < -0.3 is 14.2 Å². The quantitative estimate of drug-likeness (QED) is 0.0262. The molecule has 0 heterocycles. The van der Waals surface area contributed by atoms with Gasteiger partial charge in [-0.1, -0.05) is 226 Å². The third-order valence-electron chi connectivity index (χ3n) is 10.4. The molecule has 0 radical (unpaired) electrons. The minimum absolute atomic E-state index is 0.110. The second-order valence-corrected chi connectivity index (χ2v) is 16.5. The van der Waals surface area contributed by atoms with E-state index >= 15 is 0 Å². The number of unbranched alkanes of at least 4 members (excludes halogenated alkanes) is 20. The van der Waals surface area contributed by atoms with Gasteiger partial charge in [-0.25, -0.2) is 0 Å². The summed E-state index contributed by atoms with van der Waals surface area (Å²) in [4.78, 5) is 38.0. The van der Waals surface area contributed by atoms with E-state index in [1.807, 2.05) is 36.5 Å². The molecule has 360 valence electrons. The zero-order chi connectivity index (χ0) is 46.5. The van der Waals surface area contributed by atoms with E-state index in [0.717, 1.165) is 116 Å². The van der Waals surface area contributed by atoms with Gasteiger partial charge in [0, 0.05) is 19.3 Å². The summed E-state index contributed by atoms with van der Waals surface area (Å²) in [5, 5.41) is 0. The predicted molar refractivity (Wildman–Crippen MR) is 274 cm³/mol. The van der Waals surface area contributed by atoms with Gasteiger partial charge in [0.15, 0.2) is 6.10 Å². The Balaban J connectivity index is 4.51. The van der Waals surface area contributed by atoms with Crippen LogP contribution < -0.4 is 0 Å².